The highest BCUT2D eigenvalue weighted by atomic mass is 32.1. The fourth-order valence-electron chi connectivity index (χ4n) is 4.92. The maximum absolute atomic E-state index is 14.6. The van der Waals surface area contributed by atoms with Crippen LogP contribution in [0.4, 0.5) is 17.6 Å². The van der Waals surface area contributed by atoms with Crippen LogP contribution >= 0.6 is 11.3 Å². The number of nitrogens with two attached hydrogens (primary N) is 1. The number of carbonyl (C=O) groups excluding carboxylic acids is 3. The van der Waals surface area contributed by atoms with Crippen molar-refractivity contribution in [2.75, 3.05) is 27.2 Å². The van der Waals surface area contributed by atoms with Gasteiger partial charge in [-0.2, -0.15) is 8.78 Å². The largest absolute Gasteiger partial charge is 0.343 e. The van der Waals surface area contributed by atoms with E-state index in [2.05, 4.69) is 16.4 Å². The second-order valence-electron chi connectivity index (χ2n) is 9.66. The van der Waals surface area contributed by atoms with Gasteiger partial charge in [0.2, 0.25) is 12.3 Å². The summed E-state index contributed by atoms with van der Waals surface area (Å²) >= 11 is 1.68. The number of fused-ring (bicyclic) bond motifs is 3. The number of aldehydes is 1. The molecule has 0 bridgehead atoms. The first kappa shape index (κ1) is 45.1. The van der Waals surface area contributed by atoms with Gasteiger partial charge in [0.1, 0.15) is 6.29 Å². The van der Waals surface area contributed by atoms with Crippen molar-refractivity contribution in [1.29, 1.82) is 5.41 Å². The van der Waals surface area contributed by atoms with Gasteiger partial charge in [0.05, 0.1) is 12.6 Å². The van der Waals surface area contributed by atoms with Crippen LogP contribution in [0.25, 0.3) is 11.1 Å². The van der Waals surface area contributed by atoms with Crippen LogP contribution in [0.5, 0.6) is 0 Å². The molecule has 2 aliphatic rings. The van der Waals surface area contributed by atoms with Crippen LogP contribution in [-0.2, 0) is 22.1 Å². The fraction of sp³-hybridized carbons (Fsp3) is 0.444. The van der Waals surface area contributed by atoms with Crippen molar-refractivity contribution in [3.05, 3.63) is 81.0 Å². The molecule has 1 fully saturated rings. The zero-order chi connectivity index (χ0) is 37.7. The summed E-state index contributed by atoms with van der Waals surface area (Å²) in [6, 6.07) is 10.9. The molecule has 49 heavy (non-hydrogen) atoms. The van der Waals surface area contributed by atoms with Crippen molar-refractivity contribution in [2.24, 2.45) is 11.7 Å². The summed E-state index contributed by atoms with van der Waals surface area (Å²) in [5.74, 6) is -5.59. The van der Waals surface area contributed by atoms with Crippen LogP contribution in [-0.4, -0.2) is 68.9 Å². The summed E-state index contributed by atoms with van der Waals surface area (Å²) in [6.45, 7) is 12.1. The standard InChI is InChI=1S/C22H18F4N2O3.C7H10N2S.3C2H6.CH5N/c23-20(24)13-7-14(11-29)28(10-13)19(30)9-27-21(31)12-5-6-18-16(8-12)15-3-1-2-4-17(15)22(18,25)26;1-9-4-7-2-6(3-8)5-10-7;4*1-2/h1-6,8,11,13-14,20H,7,9-10H2,(H,27,31);2-3,5,8-9H,4H2,1H3;3*1-2H3;2H2,1H3. The lowest BCUT2D eigenvalue weighted by atomic mass is 10.0. The number of nitrogens with zero attached hydrogens (tertiary/aromatic N) is 1. The van der Waals surface area contributed by atoms with Crippen LogP contribution in [0.2, 0.25) is 0 Å². The second kappa shape index (κ2) is 23.4. The third-order valence-corrected chi connectivity index (χ3v) is 7.93. The van der Waals surface area contributed by atoms with Crippen molar-refractivity contribution in [2.45, 2.75) is 72.9 Å². The monoisotopic (exact) mass is 709 g/mol. The maximum Gasteiger partial charge on any atom is 0.299 e. The number of hydrogen-bond donors (Lipinski definition) is 4. The van der Waals surface area contributed by atoms with Gasteiger partial charge in [0, 0.05) is 52.4 Å². The highest BCUT2D eigenvalue weighted by molar-refractivity contribution is 7.10. The van der Waals surface area contributed by atoms with Crippen molar-refractivity contribution in [3.63, 3.8) is 0 Å². The molecule has 2 atom stereocenters. The van der Waals surface area contributed by atoms with Gasteiger partial charge in [-0.25, -0.2) is 8.78 Å². The first-order valence-electron chi connectivity index (χ1n) is 16.3. The molecule has 272 valence electrons. The zero-order valence-corrected chi connectivity index (χ0v) is 30.4. The number of carbonyl (C=O) groups is 3. The molecule has 1 aliphatic carbocycles. The zero-order valence-electron chi connectivity index (χ0n) is 29.6. The Labute approximate surface area is 292 Å². The summed E-state index contributed by atoms with van der Waals surface area (Å²) in [7, 11) is 3.42. The SMILES string of the molecule is CC.CC.CC.CN.CNCc1cc(C=N)cs1.O=CC1CC(C(F)F)CN1C(=O)CNC(=O)c1ccc2c(c1)-c1ccccc1C2(F)F. The van der Waals surface area contributed by atoms with Gasteiger partial charge in [-0.3, -0.25) is 9.59 Å². The number of benzene rings is 2. The summed E-state index contributed by atoms with van der Waals surface area (Å²) in [4.78, 5) is 38.3. The molecule has 2 aromatic carbocycles. The number of thiophene rings is 1. The summed E-state index contributed by atoms with van der Waals surface area (Å²) < 4.78 is 55.1. The molecule has 8 nitrogen and oxygen atoms in total. The average molecular weight is 710 g/mol. The molecular formula is C36H51F4N5O3S. The minimum atomic E-state index is -3.17. The van der Waals surface area contributed by atoms with E-state index in [1.54, 1.807) is 23.5 Å². The molecule has 0 radical (unpaired) electrons. The Balaban J connectivity index is 0.00000107. The van der Waals surface area contributed by atoms with Gasteiger partial charge in [-0.05, 0) is 55.2 Å². The number of hydrogen-bond acceptors (Lipinski definition) is 7. The average Bonchev–Trinajstić information content (AvgIpc) is 3.86. The highest BCUT2D eigenvalue weighted by Crippen LogP contribution is 2.50. The van der Waals surface area contributed by atoms with Gasteiger partial charge in [0.15, 0.2) is 0 Å². The number of likely N-dealkylation sites (tertiary alicyclic amines) is 1. The molecule has 2 heterocycles. The molecule has 1 aliphatic heterocycles. The van der Waals surface area contributed by atoms with Crippen molar-refractivity contribution >= 4 is 35.7 Å². The van der Waals surface area contributed by atoms with Crippen LogP contribution in [0.3, 0.4) is 0 Å². The first-order chi connectivity index (χ1) is 23.6. The topological polar surface area (TPSA) is 128 Å². The number of amides is 2. The lowest BCUT2D eigenvalue weighted by Gasteiger charge is -2.20. The minimum absolute atomic E-state index is 0.0814. The van der Waals surface area contributed by atoms with Gasteiger partial charge in [0.25, 0.3) is 11.8 Å². The molecule has 2 unspecified atom stereocenters. The van der Waals surface area contributed by atoms with E-state index in [0.717, 1.165) is 17.0 Å². The van der Waals surface area contributed by atoms with Crippen LogP contribution in [0.1, 0.15) is 79.9 Å². The maximum atomic E-state index is 14.6. The molecule has 5 rings (SSSR count). The molecule has 13 heteroatoms. The number of halogens is 4. The smallest absolute Gasteiger partial charge is 0.299 e. The van der Waals surface area contributed by atoms with Crippen molar-refractivity contribution in [3.8, 4) is 11.1 Å². The Morgan fingerprint density at radius 1 is 1.02 bits per heavy atom. The number of alkyl halides is 4. The molecule has 1 aromatic heterocycles. The molecule has 5 N–H and O–H groups in total. The summed E-state index contributed by atoms with van der Waals surface area (Å²) in [6.07, 6.45) is -0.961. The fourth-order valence-corrected chi connectivity index (χ4v) is 5.77. The number of rotatable bonds is 8. The van der Waals surface area contributed by atoms with E-state index in [4.69, 9.17) is 5.41 Å². The Morgan fingerprint density at radius 2 is 1.63 bits per heavy atom. The van der Waals surface area contributed by atoms with E-state index in [-0.39, 0.29) is 35.2 Å². The van der Waals surface area contributed by atoms with Crippen molar-refractivity contribution < 1.29 is 31.9 Å². The van der Waals surface area contributed by atoms with E-state index in [0.29, 0.717) is 11.8 Å². The Hall–Kier alpha value is -3.94. The molecule has 0 spiro atoms. The van der Waals surface area contributed by atoms with E-state index in [1.807, 2.05) is 60.0 Å². The lowest BCUT2D eigenvalue weighted by molar-refractivity contribution is -0.133. The normalized spacial score (nSPS) is 15.8. The van der Waals surface area contributed by atoms with E-state index in [1.165, 1.54) is 48.5 Å². The predicted molar refractivity (Wildman–Crippen MR) is 192 cm³/mol. The Bertz CT molecular complexity index is 1450. The molecule has 1 saturated heterocycles. The number of nitrogens with one attached hydrogen (secondary N) is 3. The second-order valence-corrected chi connectivity index (χ2v) is 10.7. The Morgan fingerprint density at radius 3 is 2.18 bits per heavy atom. The van der Waals surface area contributed by atoms with E-state index in [9.17, 15) is 31.9 Å². The minimum Gasteiger partial charge on any atom is -0.343 e. The van der Waals surface area contributed by atoms with Crippen LogP contribution in [0, 0.1) is 11.3 Å². The molecular weight excluding hydrogens is 658 g/mol. The van der Waals surface area contributed by atoms with Gasteiger partial charge >= 0.3 is 0 Å². The van der Waals surface area contributed by atoms with Gasteiger partial charge in [-0.15, -0.1) is 11.3 Å². The van der Waals surface area contributed by atoms with Gasteiger partial charge in [-0.1, -0.05) is 71.9 Å². The third-order valence-electron chi connectivity index (χ3n) is 6.98. The molecule has 3 aromatic rings. The summed E-state index contributed by atoms with van der Waals surface area (Å²) in [5.41, 5.74) is 5.80. The van der Waals surface area contributed by atoms with Crippen molar-refractivity contribution in [1.82, 2.24) is 15.5 Å². The quantitative estimate of drug-likeness (QED) is 0.111. The lowest BCUT2D eigenvalue weighted by Crippen LogP contribution is -2.43. The first-order valence-corrected chi connectivity index (χ1v) is 17.2. The Kier molecular flexibility index (Phi) is 21.5. The highest BCUT2D eigenvalue weighted by Gasteiger charge is 2.44. The van der Waals surface area contributed by atoms with Gasteiger partial charge < -0.3 is 31.5 Å². The van der Waals surface area contributed by atoms with Crippen LogP contribution < -0.4 is 16.4 Å². The molecule has 0 saturated carbocycles. The predicted octanol–water partition coefficient (Wildman–Crippen LogP) is 7.34. The molecule has 2 amide bonds. The van der Waals surface area contributed by atoms with Crippen LogP contribution in [0.15, 0.2) is 53.9 Å². The summed E-state index contributed by atoms with van der Waals surface area (Å²) in [5, 5.41) is 14.4. The van der Waals surface area contributed by atoms with E-state index < -0.39 is 42.7 Å². The van der Waals surface area contributed by atoms with E-state index >= 15 is 0 Å². The third kappa shape index (κ3) is 11.9.